The topological polar surface area (TPSA) is 34.1 Å². The van der Waals surface area contributed by atoms with Crippen molar-refractivity contribution < 1.29 is 4.74 Å². The Balaban J connectivity index is 2.29. The van der Waals surface area contributed by atoms with Crippen molar-refractivity contribution in [3.63, 3.8) is 0 Å². The lowest BCUT2D eigenvalue weighted by Crippen LogP contribution is -2.13. The van der Waals surface area contributed by atoms with E-state index in [4.69, 9.17) is 9.72 Å². The van der Waals surface area contributed by atoms with E-state index in [1.54, 1.807) is 18.4 Å². The van der Waals surface area contributed by atoms with Crippen molar-refractivity contribution in [2.75, 3.05) is 13.7 Å². The summed E-state index contributed by atoms with van der Waals surface area (Å²) in [5.74, 6) is 0. The van der Waals surface area contributed by atoms with Gasteiger partial charge < -0.3 is 10.1 Å². The molecule has 108 valence electrons. The summed E-state index contributed by atoms with van der Waals surface area (Å²) in [6.45, 7) is 6.11. The van der Waals surface area contributed by atoms with E-state index in [0.29, 0.717) is 0 Å². The molecule has 0 radical (unpaired) electrons. The fourth-order valence-electron chi connectivity index (χ4n) is 1.96. The minimum Gasteiger partial charge on any atom is -0.375 e. The number of nitrogens with zero attached hydrogens (tertiary/aromatic N) is 1. The van der Waals surface area contributed by atoms with Gasteiger partial charge in [-0.25, -0.2) is 4.98 Å². The number of benzene rings is 1. The Hall–Kier alpha value is -1.23. The first-order valence-electron chi connectivity index (χ1n) is 7.04. The second-order valence-electron chi connectivity index (χ2n) is 4.74. The molecule has 1 atom stereocenters. The van der Waals surface area contributed by atoms with Crippen LogP contribution >= 0.6 is 11.3 Å². The molecule has 0 fully saturated rings. The van der Waals surface area contributed by atoms with E-state index in [-0.39, 0.29) is 6.10 Å². The van der Waals surface area contributed by atoms with E-state index >= 15 is 0 Å². The Kier molecular flexibility index (Phi) is 5.71. The van der Waals surface area contributed by atoms with Gasteiger partial charge in [0.25, 0.3) is 0 Å². The molecule has 0 spiro atoms. The average molecular weight is 290 g/mol. The second-order valence-corrected chi connectivity index (χ2v) is 5.86. The van der Waals surface area contributed by atoms with Crippen LogP contribution in [0.3, 0.4) is 0 Å². The second kappa shape index (κ2) is 7.53. The molecule has 0 aliphatic heterocycles. The van der Waals surface area contributed by atoms with Crippen LogP contribution in [0.2, 0.25) is 0 Å². The summed E-state index contributed by atoms with van der Waals surface area (Å²) < 4.78 is 5.39. The monoisotopic (exact) mass is 290 g/mol. The van der Waals surface area contributed by atoms with Crippen LogP contribution in [0.25, 0.3) is 11.3 Å². The van der Waals surface area contributed by atoms with Crippen LogP contribution in [0.15, 0.2) is 30.3 Å². The van der Waals surface area contributed by atoms with Gasteiger partial charge in [-0.3, -0.25) is 0 Å². The van der Waals surface area contributed by atoms with Crippen molar-refractivity contribution in [1.29, 1.82) is 0 Å². The molecule has 1 N–H and O–H groups in total. The van der Waals surface area contributed by atoms with Crippen molar-refractivity contribution in [3.8, 4) is 11.3 Å². The molecule has 1 aromatic heterocycles. The number of thiazole rings is 1. The van der Waals surface area contributed by atoms with Gasteiger partial charge in [0.15, 0.2) is 0 Å². The predicted octanol–water partition coefficient (Wildman–Crippen LogP) is 4.02. The summed E-state index contributed by atoms with van der Waals surface area (Å²) in [7, 11) is 1.73. The Morgan fingerprint density at radius 2 is 2.05 bits per heavy atom. The van der Waals surface area contributed by atoms with Gasteiger partial charge in [-0.05, 0) is 19.9 Å². The van der Waals surface area contributed by atoms with E-state index in [0.717, 1.165) is 30.2 Å². The van der Waals surface area contributed by atoms with Crippen molar-refractivity contribution in [1.82, 2.24) is 10.3 Å². The third kappa shape index (κ3) is 3.66. The minimum absolute atomic E-state index is 0.0439. The highest BCUT2D eigenvalue weighted by Crippen LogP contribution is 2.32. The first-order valence-corrected chi connectivity index (χ1v) is 7.86. The van der Waals surface area contributed by atoms with Crippen LogP contribution in [-0.2, 0) is 11.3 Å². The summed E-state index contributed by atoms with van der Waals surface area (Å²) in [6.07, 6.45) is 1.18. The van der Waals surface area contributed by atoms with E-state index in [9.17, 15) is 0 Å². The lowest BCUT2D eigenvalue weighted by atomic mass is 10.1. The van der Waals surface area contributed by atoms with Gasteiger partial charge in [-0.15, -0.1) is 11.3 Å². The first kappa shape index (κ1) is 15.2. The molecular formula is C16H22N2OS. The van der Waals surface area contributed by atoms with Gasteiger partial charge in [0.05, 0.1) is 5.69 Å². The van der Waals surface area contributed by atoms with Crippen LogP contribution in [0.5, 0.6) is 0 Å². The number of nitrogens with one attached hydrogen (secondary N) is 1. The number of methoxy groups -OCH3 is 1. The lowest BCUT2D eigenvalue weighted by molar-refractivity contribution is 0.119. The van der Waals surface area contributed by atoms with Crippen LogP contribution < -0.4 is 5.32 Å². The summed E-state index contributed by atoms with van der Waals surface area (Å²) >= 11 is 1.74. The summed E-state index contributed by atoms with van der Waals surface area (Å²) in [5.41, 5.74) is 2.25. The average Bonchev–Trinajstić information content (AvgIpc) is 2.92. The molecule has 3 nitrogen and oxygen atoms in total. The Morgan fingerprint density at radius 1 is 1.30 bits per heavy atom. The molecule has 20 heavy (non-hydrogen) atoms. The zero-order valence-corrected chi connectivity index (χ0v) is 13.2. The Bertz CT molecular complexity index is 525. The Morgan fingerprint density at radius 3 is 2.70 bits per heavy atom. The fraction of sp³-hybridized carbons (Fsp3) is 0.438. The Labute approximate surface area is 125 Å². The molecule has 2 rings (SSSR count). The zero-order chi connectivity index (χ0) is 14.4. The number of ether oxygens (including phenoxy) is 1. The third-order valence-corrected chi connectivity index (χ3v) is 4.39. The van der Waals surface area contributed by atoms with Crippen molar-refractivity contribution in [2.24, 2.45) is 0 Å². The molecule has 0 saturated heterocycles. The number of rotatable bonds is 7. The highest BCUT2D eigenvalue weighted by Gasteiger charge is 2.16. The van der Waals surface area contributed by atoms with E-state index in [1.165, 1.54) is 10.4 Å². The van der Waals surface area contributed by atoms with Crippen LogP contribution in [0, 0.1) is 0 Å². The van der Waals surface area contributed by atoms with Crippen molar-refractivity contribution in [2.45, 2.75) is 32.9 Å². The molecule has 1 unspecified atom stereocenters. The van der Waals surface area contributed by atoms with Gasteiger partial charge in [0.1, 0.15) is 11.1 Å². The molecule has 0 aliphatic rings. The SMILES string of the molecule is CCCNCc1sc(C(C)OC)nc1-c1ccccc1. The number of aromatic nitrogens is 1. The number of hydrogen-bond acceptors (Lipinski definition) is 4. The quantitative estimate of drug-likeness (QED) is 0.782. The summed E-state index contributed by atoms with van der Waals surface area (Å²) in [6, 6.07) is 10.4. The molecule has 0 amide bonds. The molecular weight excluding hydrogens is 268 g/mol. The summed E-state index contributed by atoms with van der Waals surface area (Å²) in [4.78, 5) is 6.06. The van der Waals surface area contributed by atoms with E-state index in [2.05, 4.69) is 36.5 Å². The molecule has 2 aromatic rings. The maximum absolute atomic E-state index is 5.39. The van der Waals surface area contributed by atoms with Crippen molar-refractivity contribution in [3.05, 3.63) is 40.2 Å². The summed E-state index contributed by atoms with van der Waals surface area (Å²) in [5, 5.41) is 4.50. The van der Waals surface area contributed by atoms with E-state index in [1.807, 2.05) is 13.0 Å². The first-order chi connectivity index (χ1) is 9.76. The standard InChI is InChI=1S/C16H22N2OS/c1-4-10-17-11-14-15(13-8-6-5-7-9-13)18-16(20-14)12(2)19-3/h5-9,12,17H,4,10-11H2,1-3H3. The van der Waals surface area contributed by atoms with Crippen LogP contribution in [0.1, 0.15) is 36.3 Å². The maximum atomic E-state index is 5.39. The normalized spacial score (nSPS) is 12.6. The largest absolute Gasteiger partial charge is 0.375 e. The van der Waals surface area contributed by atoms with Gasteiger partial charge in [-0.1, -0.05) is 37.3 Å². The minimum atomic E-state index is 0.0439. The molecule has 0 bridgehead atoms. The lowest BCUT2D eigenvalue weighted by Gasteiger charge is -2.03. The predicted molar refractivity (Wildman–Crippen MR) is 85.0 cm³/mol. The van der Waals surface area contributed by atoms with Crippen LogP contribution in [-0.4, -0.2) is 18.6 Å². The molecule has 4 heteroatoms. The highest BCUT2D eigenvalue weighted by molar-refractivity contribution is 7.12. The molecule has 0 aliphatic carbocycles. The van der Waals surface area contributed by atoms with Gasteiger partial charge in [-0.2, -0.15) is 0 Å². The maximum Gasteiger partial charge on any atom is 0.122 e. The van der Waals surface area contributed by atoms with Crippen LogP contribution in [0.4, 0.5) is 0 Å². The molecule has 1 aromatic carbocycles. The van der Waals surface area contributed by atoms with E-state index < -0.39 is 0 Å². The van der Waals surface area contributed by atoms with Gasteiger partial charge >= 0.3 is 0 Å². The smallest absolute Gasteiger partial charge is 0.122 e. The van der Waals surface area contributed by atoms with Crippen molar-refractivity contribution >= 4 is 11.3 Å². The van der Waals surface area contributed by atoms with Gasteiger partial charge in [0, 0.05) is 24.1 Å². The number of hydrogen-bond donors (Lipinski definition) is 1. The van der Waals surface area contributed by atoms with Gasteiger partial charge in [0.2, 0.25) is 0 Å². The third-order valence-electron chi connectivity index (χ3n) is 3.17. The highest BCUT2D eigenvalue weighted by atomic mass is 32.1. The molecule has 0 saturated carbocycles. The zero-order valence-electron chi connectivity index (χ0n) is 12.3. The molecule has 1 heterocycles. The fourth-order valence-corrected chi connectivity index (χ4v) is 3.05.